The molecular formula is C14H18BrFN4. The van der Waals surface area contributed by atoms with Gasteiger partial charge < -0.3 is 5.32 Å². The van der Waals surface area contributed by atoms with Gasteiger partial charge in [-0.3, -0.25) is 9.67 Å². The largest absolute Gasteiger partial charge is 0.313 e. The number of halogens is 2. The van der Waals surface area contributed by atoms with E-state index in [4.69, 9.17) is 0 Å². The number of nitrogens with zero attached hydrogens (tertiary/aromatic N) is 3. The lowest BCUT2D eigenvalue weighted by molar-refractivity contribution is 0.533. The Balaban J connectivity index is 2.31. The fraction of sp³-hybridized carbons (Fsp3) is 0.429. The molecule has 0 aliphatic rings. The van der Waals surface area contributed by atoms with E-state index in [9.17, 15) is 4.39 Å². The van der Waals surface area contributed by atoms with Crippen molar-refractivity contribution in [1.29, 1.82) is 0 Å². The summed E-state index contributed by atoms with van der Waals surface area (Å²) in [5.74, 6) is -0.318. The van der Waals surface area contributed by atoms with Gasteiger partial charge in [-0.05, 0) is 48.5 Å². The minimum absolute atomic E-state index is 0.00380. The van der Waals surface area contributed by atoms with Crippen LogP contribution in [-0.4, -0.2) is 21.8 Å². The maximum atomic E-state index is 13.3. The predicted octanol–water partition coefficient (Wildman–Crippen LogP) is 3.01. The van der Waals surface area contributed by atoms with Crippen LogP contribution in [0.15, 0.2) is 22.9 Å². The monoisotopic (exact) mass is 340 g/mol. The smallest absolute Gasteiger partial charge is 0.141 e. The molecular weight excluding hydrogens is 323 g/mol. The van der Waals surface area contributed by atoms with Crippen molar-refractivity contribution in [2.45, 2.75) is 32.9 Å². The van der Waals surface area contributed by atoms with E-state index < -0.39 is 0 Å². The summed E-state index contributed by atoms with van der Waals surface area (Å²) in [6.45, 7) is 4.83. The maximum absolute atomic E-state index is 13.3. The molecule has 0 spiro atoms. The third-order valence-electron chi connectivity index (χ3n) is 3.33. The van der Waals surface area contributed by atoms with E-state index >= 15 is 0 Å². The summed E-state index contributed by atoms with van der Waals surface area (Å²) < 4.78 is 16.3. The Morgan fingerprint density at radius 3 is 2.80 bits per heavy atom. The Morgan fingerprint density at radius 1 is 1.45 bits per heavy atom. The molecule has 0 radical (unpaired) electrons. The van der Waals surface area contributed by atoms with Crippen molar-refractivity contribution in [1.82, 2.24) is 20.1 Å². The Bertz CT molecular complexity index is 597. The minimum Gasteiger partial charge on any atom is -0.313 e. The highest BCUT2D eigenvalue weighted by atomic mass is 79.9. The predicted molar refractivity (Wildman–Crippen MR) is 80.0 cm³/mol. The summed E-state index contributed by atoms with van der Waals surface area (Å²) in [5, 5.41) is 7.69. The second-order valence-electron chi connectivity index (χ2n) is 4.64. The average molecular weight is 341 g/mol. The van der Waals surface area contributed by atoms with Crippen LogP contribution >= 0.6 is 15.9 Å². The zero-order chi connectivity index (χ0) is 14.7. The number of nitrogens with one attached hydrogen (secondary N) is 1. The standard InChI is InChI=1S/C14H18BrFN4/c1-4-20-13(14(15)9(2)19-20)6-12(17-3)10-5-11(16)8-18-7-10/h5,7-8,12,17H,4,6H2,1-3H3. The number of hydrogen-bond acceptors (Lipinski definition) is 3. The Kier molecular flexibility index (Phi) is 4.88. The molecule has 0 amide bonds. The van der Waals surface area contributed by atoms with Gasteiger partial charge in [-0.2, -0.15) is 5.10 Å². The van der Waals surface area contributed by atoms with E-state index in [2.05, 4.69) is 38.3 Å². The van der Waals surface area contributed by atoms with Crippen LogP contribution in [0.3, 0.4) is 0 Å². The van der Waals surface area contributed by atoms with Gasteiger partial charge >= 0.3 is 0 Å². The highest BCUT2D eigenvalue weighted by Gasteiger charge is 2.18. The van der Waals surface area contributed by atoms with E-state index in [0.717, 1.165) is 34.4 Å². The van der Waals surface area contributed by atoms with Crippen molar-refractivity contribution in [2.24, 2.45) is 0 Å². The average Bonchev–Trinajstić information content (AvgIpc) is 2.71. The quantitative estimate of drug-likeness (QED) is 0.909. The third-order valence-corrected chi connectivity index (χ3v) is 4.36. The van der Waals surface area contributed by atoms with Crippen LogP contribution in [0.1, 0.15) is 29.9 Å². The lowest BCUT2D eigenvalue weighted by atomic mass is 10.0. The summed E-state index contributed by atoms with van der Waals surface area (Å²) in [5.41, 5.74) is 2.91. The summed E-state index contributed by atoms with van der Waals surface area (Å²) in [4.78, 5) is 3.92. The molecule has 0 aromatic carbocycles. The number of hydrogen-bond donors (Lipinski definition) is 1. The van der Waals surface area contributed by atoms with Crippen LogP contribution in [0.25, 0.3) is 0 Å². The molecule has 0 saturated heterocycles. The fourth-order valence-electron chi connectivity index (χ4n) is 2.26. The maximum Gasteiger partial charge on any atom is 0.141 e. The minimum atomic E-state index is -0.318. The van der Waals surface area contributed by atoms with Crippen molar-refractivity contribution < 1.29 is 4.39 Å². The fourth-order valence-corrected chi connectivity index (χ4v) is 2.71. The van der Waals surface area contributed by atoms with Crippen LogP contribution in [0.5, 0.6) is 0 Å². The van der Waals surface area contributed by atoms with Crippen LogP contribution in [0.4, 0.5) is 4.39 Å². The lowest BCUT2D eigenvalue weighted by Gasteiger charge is -2.17. The molecule has 0 aliphatic heterocycles. The van der Waals surface area contributed by atoms with E-state index in [1.54, 1.807) is 6.20 Å². The molecule has 0 fully saturated rings. The highest BCUT2D eigenvalue weighted by molar-refractivity contribution is 9.10. The van der Waals surface area contributed by atoms with Gasteiger partial charge in [0.05, 0.1) is 22.1 Å². The van der Waals surface area contributed by atoms with Gasteiger partial charge in [0.15, 0.2) is 0 Å². The van der Waals surface area contributed by atoms with E-state index in [1.165, 1.54) is 12.3 Å². The van der Waals surface area contributed by atoms with Crippen LogP contribution < -0.4 is 5.32 Å². The first-order valence-corrected chi connectivity index (χ1v) is 7.35. The molecule has 2 aromatic rings. The molecule has 6 heteroatoms. The normalized spacial score (nSPS) is 12.7. The van der Waals surface area contributed by atoms with Crippen LogP contribution in [0, 0.1) is 12.7 Å². The first-order chi connectivity index (χ1) is 9.56. The van der Waals surface area contributed by atoms with Gasteiger partial charge in [-0.15, -0.1) is 0 Å². The first-order valence-electron chi connectivity index (χ1n) is 6.56. The third kappa shape index (κ3) is 3.07. The number of likely N-dealkylation sites (N-methyl/N-ethyl adjacent to an activating group) is 1. The summed E-state index contributed by atoms with van der Waals surface area (Å²) in [6, 6.07) is 1.51. The van der Waals surface area contributed by atoms with Crippen molar-refractivity contribution in [3.8, 4) is 0 Å². The second kappa shape index (κ2) is 6.45. The van der Waals surface area contributed by atoms with Crippen molar-refractivity contribution >= 4 is 15.9 Å². The molecule has 2 aromatic heterocycles. The van der Waals surface area contributed by atoms with Gasteiger partial charge in [0.2, 0.25) is 0 Å². The second-order valence-corrected chi connectivity index (χ2v) is 5.44. The van der Waals surface area contributed by atoms with E-state index in [0.29, 0.717) is 0 Å². The SMILES string of the molecule is CCn1nc(C)c(Br)c1CC(NC)c1cncc(F)c1. The zero-order valence-corrected chi connectivity index (χ0v) is 13.4. The van der Waals surface area contributed by atoms with Gasteiger partial charge in [-0.1, -0.05) is 0 Å². The van der Waals surface area contributed by atoms with E-state index in [1.807, 2.05) is 18.7 Å². The molecule has 1 atom stereocenters. The van der Waals surface area contributed by atoms with Gasteiger partial charge in [0.25, 0.3) is 0 Å². The molecule has 2 rings (SSSR count). The summed E-state index contributed by atoms with van der Waals surface area (Å²) >= 11 is 3.59. The summed E-state index contributed by atoms with van der Waals surface area (Å²) in [7, 11) is 1.86. The Morgan fingerprint density at radius 2 is 2.20 bits per heavy atom. The van der Waals surface area contributed by atoms with Crippen LogP contribution in [0.2, 0.25) is 0 Å². The number of aryl methyl sites for hydroxylation is 2. The van der Waals surface area contributed by atoms with Crippen molar-refractivity contribution in [3.05, 3.63) is 45.7 Å². The Hall–Kier alpha value is -1.27. The molecule has 20 heavy (non-hydrogen) atoms. The van der Waals surface area contributed by atoms with Crippen molar-refractivity contribution in [3.63, 3.8) is 0 Å². The number of aromatic nitrogens is 3. The molecule has 4 nitrogen and oxygen atoms in total. The molecule has 0 aliphatic carbocycles. The van der Waals surface area contributed by atoms with Crippen LogP contribution in [-0.2, 0) is 13.0 Å². The van der Waals surface area contributed by atoms with Crippen molar-refractivity contribution in [2.75, 3.05) is 7.05 Å². The lowest BCUT2D eigenvalue weighted by Crippen LogP contribution is -2.21. The molecule has 1 N–H and O–H groups in total. The zero-order valence-electron chi connectivity index (χ0n) is 11.8. The molecule has 2 heterocycles. The molecule has 0 saturated carbocycles. The summed E-state index contributed by atoms with van der Waals surface area (Å²) in [6.07, 6.45) is 3.63. The highest BCUT2D eigenvalue weighted by Crippen LogP contribution is 2.26. The number of rotatable bonds is 5. The van der Waals surface area contributed by atoms with E-state index in [-0.39, 0.29) is 11.9 Å². The molecule has 1 unspecified atom stereocenters. The Labute approximate surface area is 126 Å². The van der Waals surface area contributed by atoms with Gasteiger partial charge in [0.1, 0.15) is 5.82 Å². The molecule has 108 valence electrons. The van der Waals surface area contributed by atoms with Gasteiger partial charge in [-0.25, -0.2) is 4.39 Å². The first kappa shape index (κ1) is 15.1. The number of pyridine rings is 1. The van der Waals surface area contributed by atoms with Gasteiger partial charge in [0, 0.05) is 25.2 Å². The molecule has 0 bridgehead atoms. The topological polar surface area (TPSA) is 42.7 Å².